The van der Waals surface area contributed by atoms with Crippen LogP contribution in [-0.2, 0) is 13.1 Å². The van der Waals surface area contributed by atoms with E-state index >= 15 is 0 Å². The molecular formula is C17H19N3. The Labute approximate surface area is 119 Å². The molecule has 0 fully saturated rings. The van der Waals surface area contributed by atoms with Crippen LogP contribution in [0.5, 0.6) is 0 Å². The van der Waals surface area contributed by atoms with Gasteiger partial charge < -0.3 is 9.88 Å². The van der Waals surface area contributed by atoms with Crippen LogP contribution in [-0.4, -0.2) is 15.6 Å². The Bertz CT molecular complexity index is 674. The maximum Gasteiger partial charge on any atom is 0.0946 e. The van der Waals surface area contributed by atoms with E-state index in [0.29, 0.717) is 6.04 Å². The molecule has 3 rings (SSSR count). The minimum atomic E-state index is 0.413. The Morgan fingerprint density at radius 3 is 2.80 bits per heavy atom. The smallest absolute Gasteiger partial charge is 0.0946 e. The van der Waals surface area contributed by atoms with E-state index in [1.165, 1.54) is 16.3 Å². The van der Waals surface area contributed by atoms with Crippen LogP contribution >= 0.6 is 0 Å². The summed E-state index contributed by atoms with van der Waals surface area (Å²) in [6, 6.07) is 15.5. The van der Waals surface area contributed by atoms with Crippen LogP contribution in [0.15, 0.2) is 61.2 Å². The molecule has 1 aromatic heterocycles. The molecule has 0 bridgehead atoms. The van der Waals surface area contributed by atoms with Crippen LogP contribution in [0.1, 0.15) is 12.5 Å². The van der Waals surface area contributed by atoms with Crippen molar-refractivity contribution in [3.63, 3.8) is 0 Å². The normalized spacial score (nSPS) is 12.7. The lowest BCUT2D eigenvalue weighted by Crippen LogP contribution is -2.29. The Balaban J connectivity index is 1.61. The van der Waals surface area contributed by atoms with Crippen LogP contribution in [0.3, 0.4) is 0 Å². The van der Waals surface area contributed by atoms with Crippen molar-refractivity contribution in [2.45, 2.75) is 26.1 Å². The highest BCUT2D eigenvalue weighted by Crippen LogP contribution is 2.15. The molecule has 0 aliphatic carbocycles. The topological polar surface area (TPSA) is 29.9 Å². The molecule has 20 heavy (non-hydrogen) atoms. The zero-order valence-corrected chi connectivity index (χ0v) is 11.7. The predicted octanol–water partition coefficient (Wildman–Crippen LogP) is 3.21. The van der Waals surface area contributed by atoms with Gasteiger partial charge in [0, 0.05) is 31.5 Å². The maximum absolute atomic E-state index is 4.06. The van der Waals surface area contributed by atoms with Crippen LogP contribution in [0, 0.1) is 0 Å². The summed E-state index contributed by atoms with van der Waals surface area (Å²) in [7, 11) is 0. The Kier molecular flexibility index (Phi) is 3.79. The second-order valence-electron chi connectivity index (χ2n) is 5.22. The molecule has 0 amide bonds. The van der Waals surface area contributed by atoms with Gasteiger partial charge in [0.05, 0.1) is 6.33 Å². The Hall–Kier alpha value is -2.13. The van der Waals surface area contributed by atoms with Crippen LogP contribution < -0.4 is 5.32 Å². The van der Waals surface area contributed by atoms with Gasteiger partial charge in [0.2, 0.25) is 0 Å². The van der Waals surface area contributed by atoms with Gasteiger partial charge in [-0.15, -0.1) is 0 Å². The van der Waals surface area contributed by atoms with Gasteiger partial charge in [-0.1, -0.05) is 36.4 Å². The average Bonchev–Trinajstić information content (AvgIpc) is 2.98. The molecule has 0 spiro atoms. The fourth-order valence-corrected chi connectivity index (χ4v) is 2.42. The summed E-state index contributed by atoms with van der Waals surface area (Å²) >= 11 is 0. The molecule has 0 aliphatic rings. The lowest BCUT2D eigenvalue weighted by Gasteiger charge is -2.14. The molecule has 102 valence electrons. The molecule has 3 aromatic rings. The van der Waals surface area contributed by atoms with E-state index in [9.17, 15) is 0 Å². The van der Waals surface area contributed by atoms with Crippen LogP contribution in [0.25, 0.3) is 10.8 Å². The third kappa shape index (κ3) is 3.06. The second-order valence-corrected chi connectivity index (χ2v) is 5.22. The summed E-state index contributed by atoms with van der Waals surface area (Å²) in [5.41, 5.74) is 1.32. The molecule has 1 atom stereocenters. The van der Waals surface area contributed by atoms with Crippen molar-refractivity contribution in [2.24, 2.45) is 0 Å². The zero-order valence-electron chi connectivity index (χ0n) is 11.7. The Morgan fingerprint density at radius 2 is 2.00 bits per heavy atom. The van der Waals surface area contributed by atoms with Gasteiger partial charge in [-0.05, 0) is 29.3 Å². The van der Waals surface area contributed by atoms with Crippen LogP contribution in [0.2, 0.25) is 0 Å². The first-order valence-corrected chi connectivity index (χ1v) is 6.98. The molecular weight excluding hydrogens is 246 g/mol. The van der Waals surface area contributed by atoms with E-state index in [4.69, 9.17) is 0 Å². The minimum absolute atomic E-state index is 0.413. The van der Waals surface area contributed by atoms with Gasteiger partial charge in [0.15, 0.2) is 0 Å². The maximum atomic E-state index is 4.06. The van der Waals surface area contributed by atoms with Crippen molar-refractivity contribution in [1.82, 2.24) is 14.9 Å². The molecule has 3 heteroatoms. The molecule has 2 aromatic carbocycles. The first kappa shape index (κ1) is 12.9. The Morgan fingerprint density at radius 1 is 1.15 bits per heavy atom. The molecule has 0 unspecified atom stereocenters. The number of nitrogens with zero attached hydrogens (tertiary/aromatic N) is 2. The first-order chi connectivity index (χ1) is 9.81. The molecule has 3 nitrogen and oxygen atoms in total. The van der Waals surface area contributed by atoms with E-state index in [1.54, 1.807) is 0 Å². The van der Waals surface area contributed by atoms with E-state index in [-0.39, 0.29) is 0 Å². The van der Waals surface area contributed by atoms with Gasteiger partial charge >= 0.3 is 0 Å². The first-order valence-electron chi connectivity index (χ1n) is 6.98. The highest BCUT2D eigenvalue weighted by Gasteiger charge is 2.03. The van der Waals surface area contributed by atoms with E-state index in [2.05, 4.69) is 64.3 Å². The van der Waals surface area contributed by atoms with Crippen molar-refractivity contribution < 1.29 is 0 Å². The zero-order chi connectivity index (χ0) is 13.8. The SMILES string of the molecule is C[C@@H](Cn1ccnc1)NCc1ccc2ccccc2c1. The summed E-state index contributed by atoms with van der Waals surface area (Å²) in [6.07, 6.45) is 5.67. The largest absolute Gasteiger partial charge is 0.336 e. The van der Waals surface area contributed by atoms with E-state index in [1.807, 2.05) is 18.7 Å². The monoisotopic (exact) mass is 265 g/mol. The van der Waals surface area contributed by atoms with Crippen LogP contribution in [0.4, 0.5) is 0 Å². The number of fused-ring (bicyclic) bond motifs is 1. The van der Waals surface area contributed by atoms with Crippen molar-refractivity contribution in [2.75, 3.05) is 0 Å². The quantitative estimate of drug-likeness (QED) is 0.767. The number of aromatic nitrogens is 2. The van der Waals surface area contributed by atoms with Gasteiger partial charge in [0.25, 0.3) is 0 Å². The predicted molar refractivity (Wildman–Crippen MR) is 82.5 cm³/mol. The fourth-order valence-electron chi connectivity index (χ4n) is 2.42. The summed E-state index contributed by atoms with van der Waals surface area (Å²) in [5.74, 6) is 0. The summed E-state index contributed by atoms with van der Waals surface area (Å²) < 4.78 is 2.10. The number of hydrogen-bond acceptors (Lipinski definition) is 2. The number of nitrogens with one attached hydrogen (secondary N) is 1. The van der Waals surface area contributed by atoms with Crippen molar-refractivity contribution in [3.8, 4) is 0 Å². The third-order valence-electron chi connectivity index (χ3n) is 3.51. The summed E-state index contributed by atoms with van der Waals surface area (Å²) in [4.78, 5) is 4.06. The molecule has 0 aliphatic heterocycles. The lowest BCUT2D eigenvalue weighted by molar-refractivity contribution is 0.476. The number of imidazole rings is 1. The number of hydrogen-bond donors (Lipinski definition) is 1. The second kappa shape index (κ2) is 5.88. The fraction of sp³-hybridized carbons (Fsp3) is 0.235. The van der Waals surface area contributed by atoms with Gasteiger partial charge in [0.1, 0.15) is 0 Å². The summed E-state index contributed by atoms with van der Waals surface area (Å²) in [5, 5.41) is 6.15. The van der Waals surface area contributed by atoms with Crippen molar-refractivity contribution >= 4 is 10.8 Å². The minimum Gasteiger partial charge on any atom is -0.336 e. The van der Waals surface area contributed by atoms with Gasteiger partial charge in [-0.25, -0.2) is 4.98 Å². The standard InChI is InChI=1S/C17H19N3/c1-14(12-20-9-8-18-13-20)19-11-15-6-7-16-4-2-3-5-17(16)10-15/h2-10,13-14,19H,11-12H2,1H3/t14-/m0/s1. The molecule has 1 N–H and O–H groups in total. The van der Waals surface area contributed by atoms with Crippen molar-refractivity contribution in [1.29, 1.82) is 0 Å². The number of benzene rings is 2. The highest BCUT2D eigenvalue weighted by atomic mass is 15.1. The summed E-state index contributed by atoms with van der Waals surface area (Å²) in [6.45, 7) is 4.02. The average molecular weight is 265 g/mol. The van der Waals surface area contributed by atoms with Gasteiger partial charge in [-0.3, -0.25) is 0 Å². The van der Waals surface area contributed by atoms with Gasteiger partial charge in [-0.2, -0.15) is 0 Å². The molecule has 1 heterocycles. The van der Waals surface area contributed by atoms with E-state index in [0.717, 1.165) is 13.1 Å². The molecule has 0 saturated carbocycles. The lowest BCUT2D eigenvalue weighted by atomic mass is 10.1. The molecule has 0 radical (unpaired) electrons. The molecule has 0 saturated heterocycles. The van der Waals surface area contributed by atoms with E-state index < -0.39 is 0 Å². The van der Waals surface area contributed by atoms with Crippen molar-refractivity contribution in [3.05, 3.63) is 66.7 Å². The number of rotatable bonds is 5. The highest BCUT2D eigenvalue weighted by molar-refractivity contribution is 5.82. The third-order valence-corrected chi connectivity index (χ3v) is 3.51.